The lowest BCUT2D eigenvalue weighted by Crippen LogP contribution is -2.40. The fourth-order valence-corrected chi connectivity index (χ4v) is 3.47. The molecule has 1 saturated heterocycles. The van der Waals surface area contributed by atoms with Gasteiger partial charge in [-0.15, -0.1) is 11.8 Å². The lowest BCUT2D eigenvalue weighted by Gasteiger charge is -2.27. The van der Waals surface area contributed by atoms with Crippen LogP contribution in [0.2, 0.25) is 0 Å². The number of carbonyl (C=O) groups excluding carboxylic acids is 2. The Balaban J connectivity index is 1.86. The summed E-state index contributed by atoms with van der Waals surface area (Å²) in [7, 11) is 1.39. The summed E-state index contributed by atoms with van der Waals surface area (Å²) < 4.78 is 4.62. The van der Waals surface area contributed by atoms with Crippen molar-refractivity contribution < 1.29 is 14.3 Å². The highest BCUT2D eigenvalue weighted by molar-refractivity contribution is 7.99. The Bertz CT molecular complexity index is 550. The zero-order valence-electron chi connectivity index (χ0n) is 13.6. The van der Waals surface area contributed by atoms with Gasteiger partial charge in [-0.3, -0.25) is 9.59 Å². The maximum atomic E-state index is 12.4. The van der Waals surface area contributed by atoms with Crippen molar-refractivity contribution in [1.29, 1.82) is 0 Å². The summed E-state index contributed by atoms with van der Waals surface area (Å²) in [6.07, 6.45) is 1.76. The summed E-state index contributed by atoms with van der Waals surface area (Å²) in [5, 5.41) is 6.37. The van der Waals surface area contributed by atoms with Crippen LogP contribution in [0.25, 0.3) is 0 Å². The fourth-order valence-electron chi connectivity index (χ4n) is 2.66. The standard InChI is InChI=1S/C17H24N2O3S/c1-12-8-14(6-7-18-12)17(21)19-15-5-3-4-13(9-15)10-23-11-16(20)22-2/h3-5,9,12,14,18H,6-8,10-11H2,1-2H3,(H,19,21)/t12-,14-/m0/s1. The van der Waals surface area contributed by atoms with Crippen LogP contribution in [0.5, 0.6) is 0 Å². The van der Waals surface area contributed by atoms with Gasteiger partial charge in [0, 0.05) is 23.4 Å². The van der Waals surface area contributed by atoms with E-state index in [0.29, 0.717) is 17.5 Å². The SMILES string of the molecule is COC(=O)CSCc1cccc(NC(=O)[C@H]2CCN[C@@H](C)C2)c1. The molecule has 2 N–H and O–H groups in total. The van der Waals surface area contributed by atoms with Gasteiger partial charge in [0.2, 0.25) is 5.91 Å². The van der Waals surface area contributed by atoms with Gasteiger partial charge in [0.1, 0.15) is 0 Å². The molecule has 6 heteroatoms. The third-order valence-electron chi connectivity index (χ3n) is 3.91. The Kier molecular flexibility index (Phi) is 6.92. The van der Waals surface area contributed by atoms with Crippen LogP contribution in [0, 0.1) is 5.92 Å². The first-order chi connectivity index (χ1) is 11.1. The van der Waals surface area contributed by atoms with Gasteiger partial charge in [-0.25, -0.2) is 0 Å². The van der Waals surface area contributed by atoms with Crippen molar-refractivity contribution in [3.8, 4) is 0 Å². The molecule has 1 aromatic carbocycles. The molecule has 0 spiro atoms. The van der Waals surface area contributed by atoms with Crippen LogP contribution in [0.3, 0.4) is 0 Å². The predicted octanol–water partition coefficient (Wildman–Crippen LogP) is 2.42. The van der Waals surface area contributed by atoms with Crippen LogP contribution in [0.4, 0.5) is 5.69 Å². The van der Waals surface area contributed by atoms with Crippen LogP contribution in [-0.2, 0) is 20.1 Å². The molecule has 0 saturated carbocycles. The molecule has 0 aromatic heterocycles. The molecule has 1 heterocycles. The van der Waals surface area contributed by atoms with Crippen molar-refractivity contribution in [3.63, 3.8) is 0 Å². The number of nitrogens with one attached hydrogen (secondary N) is 2. The van der Waals surface area contributed by atoms with Crippen LogP contribution in [-0.4, -0.2) is 37.3 Å². The summed E-state index contributed by atoms with van der Waals surface area (Å²) in [4.78, 5) is 23.5. The lowest BCUT2D eigenvalue weighted by molar-refractivity contribution is -0.137. The molecule has 0 radical (unpaired) electrons. The molecule has 0 aliphatic carbocycles. The normalized spacial score (nSPS) is 20.8. The molecule has 1 amide bonds. The number of anilines is 1. The van der Waals surface area contributed by atoms with Gasteiger partial charge >= 0.3 is 5.97 Å². The van der Waals surface area contributed by atoms with Crippen molar-refractivity contribution in [3.05, 3.63) is 29.8 Å². The number of piperidine rings is 1. The van der Waals surface area contributed by atoms with Gasteiger partial charge in [0.05, 0.1) is 12.9 Å². The van der Waals surface area contributed by atoms with Gasteiger partial charge in [-0.1, -0.05) is 12.1 Å². The van der Waals surface area contributed by atoms with E-state index in [-0.39, 0.29) is 17.8 Å². The number of carbonyl (C=O) groups is 2. The first-order valence-electron chi connectivity index (χ1n) is 7.86. The molecule has 1 aromatic rings. The van der Waals surface area contributed by atoms with E-state index in [0.717, 1.165) is 30.6 Å². The molecule has 1 aliphatic rings. The number of methoxy groups -OCH3 is 1. The first-order valence-corrected chi connectivity index (χ1v) is 9.01. The topological polar surface area (TPSA) is 67.4 Å². The quantitative estimate of drug-likeness (QED) is 0.781. The van der Waals surface area contributed by atoms with Crippen LogP contribution >= 0.6 is 11.8 Å². The van der Waals surface area contributed by atoms with E-state index in [4.69, 9.17) is 0 Å². The van der Waals surface area contributed by atoms with Crippen LogP contribution < -0.4 is 10.6 Å². The van der Waals surface area contributed by atoms with E-state index >= 15 is 0 Å². The van der Waals surface area contributed by atoms with Gasteiger partial charge in [0.25, 0.3) is 0 Å². The highest BCUT2D eigenvalue weighted by Crippen LogP contribution is 2.20. The highest BCUT2D eigenvalue weighted by Gasteiger charge is 2.24. The minimum absolute atomic E-state index is 0.0728. The van der Waals surface area contributed by atoms with E-state index in [1.54, 1.807) is 0 Å². The molecule has 0 bridgehead atoms. The van der Waals surface area contributed by atoms with Gasteiger partial charge in [-0.2, -0.15) is 0 Å². The summed E-state index contributed by atoms with van der Waals surface area (Å²) in [6, 6.07) is 8.17. The molecular formula is C17H24N2O3S. The number of amides is 1. The van der Waals surface area contributed by atoms with Crippen LogP contribution in [0.1, 0.15) is 25.3 Å². The molecule has 2 atom stereocenters. The fraction of sp³-hybridized carbons (Fsp3) is 0.529. The summed E-state index contributed by atoms with van der Waals surface area (Å²) in [5.74, 6) is 0.990. The maximum absolute atomic E-state index is 12.4. The number of hydrogen-bond donors (Lipinski definition) is 2. The average Bonchev–Trinajstić information content (AvgIpc) is 2.55. The zero-order valence-corrected chi connectivity index (χ0v) is 14.4. The van der Waals surface area contributed by atoms with Crippen molar-refractivity contribution in [2.24, 2.45) is 5.92 Å². The largest absolute Gasteiger partial charge is 0.468 e. The zero-order chi connectivity index (χ0) is 16.7. The maximum Gasteiger partial charge on any atom is 0.315 e. The second kappa shape index (κ2) is 8.93. The summed E-state index contributed by atoms with van der Waals surface area (Å²) in [6.45, 7) is 3.00. The number of thioether (sulfide) groups is 1. The molecule has 23 heavy (non-hydrogen) atoms. The van der Waals surface area contributed by atoms with Crippen molar-refractivity contribution in [1.82, 2.24) is 5.32 Å². The lowest BCUT2D eigenvalue weighted by atomic mass is 9.92. The smallest absolute Gasteiger partial charge is 0.315 e. The van der Waals surface area contributed by atoms with Gasteiger partial charge < -0.3 is 15.4 Å². The van der Waals surface area contributed by atoms with Gasteiger partial charge in [0.15, 0.2) is 0 Å². The van der Waals surface area contributed by atoms with Crippen molar-refractivity contribution in [2.75, 3.05) is 24.7 Å². The molecule has 1 fully saturated rings. The molecule has 2 rings (SSSR count). The average molecular weight is 336 g/mol. The number of hydrogen-bond acceptors (Lipinski definition) is 5. The third kappa shape index (κ3) is 5.88. The first kappa shape index (κ1) is 17.8. The number of ether oxygens (including phenoxy) is 1. The van der Waals surface area contributed by atoms with Crippen molar-refractivity contribution in [2.45, 2.75) is 31.6 Å². The molecule has 126 valence electrons. The Labute approximate surface area is 141 Å². The van der Waals surface area contributed by atoms with E-state index in [1.807, 2.05) is 24.3 Å². The Hall–Kier alpha value is -1.53. The minimum Gasteiger partial charge on any atom is -0.468 e. The van der Waals surface area contributed by atoms with Gasteiger partial charge in [-0.05, 0) is 44.0 Å². The number of benzene rings is 1. The van der Waals surface area contributed by atoms with Crippen LogP contribution in [0.15, 0.2) is 24.3 Å². The molecule has 1 aliphatic heterocycles. The van der Waals surface area contributed by atoms with E-state index in [1.165, 1.54) is 18.9 Å². The Morgan fingerprint density at radius 2 is 2.26 bits per heavy atom. The molecule has 5 nitrogen and oxygen atoms in total. The molecule has 0 unspecified atom stereocenters. The third-order valence-corrected chi connectivity index (χ3v) is 4.88. The monoisotopic (exact) mass is 336 g/mol. The second-order valence-electron chi connectivity index (χ2n) is 5.84. The minimum atomic E-state index is -0.223. The van der Waals surface area contributed by atoms with E-state index in [9.17, 15) is 9.59 Å². The van der Waals surface area contributed by atoms with E-state index < -0.39 is 0 Å². The second-order valence-corrected chi connectivity index (χ2v) is 6.82. The number of rotatable bonds is 6. The van der Waals surface area contributed by atoms with Crippen molar-refractivity contribution >= 4 is 29.3 Å². The Morgan fingerprint density at radius 3 is 3.00 bits per heavy atom. The summed E-state index contributed by atoms with van der Waals surface area (Å²) in [5.41, 5.74) is 1.90. The summed E-state index contributed by atoms with van der Waals surface area (Å²) >= 11 is 1.50. The highest BCUT2D eigenvalue weighted by atomic mass is 32.2. The predicted molar refractivity (Wildman–Crippen MR) is 93.4 cm³/mol. The molecular weight excluding hydrogens is 312 g/mol. The van der Waals surface area contributed by atoms with E-state index in [2.05, 4.69) is 22.3 Å². The number of esters is 1. The Morgan fingerprint density at radius 1 is 1.43 bits per heavy atom.